The number of ether oxygens (including phenoxy) is 1. The molecular formula is C23H27F2NO3. The topological polar surface area (TPSA) is 49.8 Å². The number of carboxylic acid groups (broad SMARTS) is 1. The summed E-state index contributed by atoms with van der Waals surface area (Å²) in [5, 5.41) is 9.17. The Morgan fingerprint density at radius 1 is 1.10 bits per heavy atom. The maximum atomic E-state index is 13.7. The Morgan fingerprint density at radius 2 is 1.90 bits per heavy atom. The summed E-state index contributed by atoms with van der Waals surface area (Å²) >= 11 is 0. The Labute approximate surface area is 170 Å². The molecule has 0 radical (unpaired) electrons. The standard InChI is InChI=1S/C23H27F2NO3/c24-20-8-6-17(7-9-20)22(18-3-1-5-21(25)15-18)10-13-29-14-12-26-11-2-4-19(16-26)23(27)28/h1,3,5-9,15,19,22H,2,4,10-14,16H2,(H,27,28)/t19-,22?/m1/s1. The number of likely N-dealkylation sites (tertiary alicyclic amines) is 1. The third-order valence-electron chi connectivity index (χ3n) is 5.48. The van der Waals surface area contributed by atoms with Gasteiger partial charge >= 0.3 is 5.97 Å². The highest BCUT2D eigenvalue weighted by atomic mass is 19.1. The molecule has 156 valence electrons. The van der Waals surface area contributed by atoms with E-state index in [1.165, 1.54) is 24.3 Å². The fraction of sp³-hybridized carbons (Fsp3) is 0.435. The summed E-state index contributed by atoms with van der Waals surface area (Å²) in [6, 6.07) is 12.7. The summed E-state index contributed by atoms with van der Waals surface area (Å²) in [5.74, 6) is -1.71. The molecule has 1 heterocycles. The molecule has 1 unspecified atom stereocenters. The van der Waals surface area contributed by atoms with Gasteiger partial charge < -0.3 is 14.7 Å². The van der Waals surface area contributed by atoms with Crippen LogP contribution >= 0.6 is 0 Å². The largest absolute Gasteiger partial charge is 0.481 e. The zero-order valence-corrected chi connectivity index (χ0v) is 16.4. The predicted octanol–water partition coefficient (Wildman–Crippen LogP) is 4.30. The summed E-state index contributed by atoms with van der Waals surface area (Å²) in [6.07, 6.45) is 2.27. The summed E-state index contributed by atoms with van der Waals surface area (Å²) in [5.41, 5.74) is 1.75. The van der Waals surface area contributed by atoms with Gasteiger partial charge in [0.05, 0.1) is 12.5 Å². The normalized spacial score (nSPS) is 18.5. The number of hydrogen-bond donors (Lipinski definition) is 1. The number of benzene rings is 2. The van der Waals surface area contributed by atoms with Gasteiger partial charge in [-0.05, 0) is 61.2 Å². The number of hydrogen-bond acceptors (Lipinski definition) is 3. The van der Waals surface area contributed by atoms with Crippen LogP contribution in [0, 0.1) is 17.6 Å². The second kappa shape index (κ2) is 10.5. The number of aliphatic carboxylic acids is 1. The Balaban J connectivity index is 1.52. The minimum Gasteiger partial charge on any atom is -0.481 e. The summed E-state index contributed by atoms with van der Waals surface area (Å²) in [4.78, 5) is 13.3. The Bertz CT molecular complexity index is 797. The van der Waals surface area contributed by atoms with Crippen molar-refractivity contribution in [3.05, 3.63) is 71.3 Å². The van der Waals surface area contributed by atoms with Gasteiger partial charge in [-0.25, -0.2) is 8.78 Å². The highest BCUT2D eigenvalue weighted by Gasteiger charge is 2.25. The average Bonchev–Trinajstić information content (AvgIpc) is 2.72. The zero-order chi connectivity index (χ0) is 20.6. The molecule has 1 fully saturated rings. The van der Waals surface area contributed by atoms with Crippen molar-refractivity contribution in [3.8, 4) is 0 Å². The minimum absolute atomic E-state index is 0.0855. The number of carboxylic acids is 1. The van der Waals surface area contributed by atoms with E-state index in [-0.39, 0.29) is 23.5 Å². The maximum absolute atomic E-state index is 13.7. The van der Waals surface area contributed by atoms with E-state index >= 15 is 0 Å². The van der Waals surface area contributed by atoms with Gasteiger partial charge in [-0.3, -0.25) is 4.79 Å². The van der Waals surface area contributed by atoms with Crippen molar-refractivity contribution < 1.29 is 23.4 Å². The average molecular weight is 403 g/mol. The fourth-order valence-corrected chi connectivity index (χ4v) is 3.90. The molecule has 6 heteroatoms. The van der Waals surface area contributed by atoms with E-state index in [1.54, 1.807) is 18.2 Å². The van der Waals surface area contributed by atoms with Crippen LogP contribution < -0.4 is 0 Å². The lowest BCUT2D eigenvalue weighted by molar-refractivity contribution is -0.143. The lowest BCUT2D eigenvalue weighted by Crippen LogP contribution is -2.40. The van der Waals surface area contributed by atoms with Gasteiger partial charge in [-0.2, -0.15) is 0 Å². The van der Waals surface area contributed by atoms with E-state index in [1.807, 2.05) is 6.07 Å². The van der Waals surface area contributed by atoms with Crippen LogP contribution in [0.25, 0.3) is 0 Å². The molecule has 29 heavy (non-hydrogen) atoms. The Kier molecular flexibility index (Phi) is 7.72. The first-order valence-corrected chi connectivity index (χ1v) is 10.1. The van der Waals surface area contributed by atoms with E-state index in [4.69, 9.17) is 4.74 Å². The molecule has 3 rings (SSSR count). The molecule has 0 spiro atoms. The first kappa shape index (κ1) is 21.4. The lowest BCUT2D eigenvalue weighted by Gasteiger charge is -2.30. The molecule has 0 amide bonds. The van der Waals surface area contributed by atoms with Crippen LogP contribution in [0.3, 0.4) is 0 Å². The molecule has 2 atom stereocenters. The summed E-state index contributed by atoms with van der Waals surface area (Å²) in [7, 11) is 0. The van der Waals surface area contributed by atoms with Crippen molar-refractivity contribution in [1.29, 1.82) is 0 Å². The van der Waals surface area contributed by atoms with Crippen molar-refractivity contribution in [2.75, 3.05) is 32.8 Å². The predicted molar refractivity (Wildman–Crippen MR) is 107 cm³/mol. The highest BCUT2D eigenvalue weighted by Crippen LogP contribution is 2.28. The summed E-state index contributed by atoms with van der Waals surface area (Å²) in [6.45, 7) is 3.17. The first-order chi connectivity index (χ1) is 14.0. The molecule has 1 saturated heterocycles. The number of carbonyl (C=O) groups is 1. The molecule has 0 aliphatic carbocycles. The second-order valence-electron chi connectivity index (χ2n) is 7.54. The quantitative estimate of drug-likeness (QED) is 0.635. The van der Waals surface area contributed by atoms with Gasteiger partial charge in [0, 0.05) is 25.6 Å². The van der Waals surface area contributed by atoms with Crippen LogP contribution in [-0.4, -0.2) is 48.8 Å². The van der Waals surface area contributed by atoms with Gasteiger partial charge in [-0.15, -0.1) is 0 Å². The highest BCUT2D eigenvalue weighted by molar-refractivity contribution is 5.70. The van der Waals surface area contributed by atoms with E-state index in [9.17, 15) is 18.7 Å². The van der Waals surface area contributed by atoms with Crippen LogP contribution in [-0.2, 0) is 9.53 Å². The Morgan fingerprint density at radius 3 is 2.62 bits per heavy atom. The second-order valence-corrected chi connectivity index (χ2v) is 7.54. The van der Waals surface area contributed by atoms with E-state index < -0.39 is 5.97 Å². The zero-order valence-electron chi connectivity index (χ0n) is 16.4. The van der Waals surface area contributed by atoms with E-state index in [0.717, 1.165) is 30.5 Å². The number of nitrogens with zero attached hydrogens (tertiary/aromatic N) is 1. The number of rotatable bonds is 9. The van der Waals surface area contributed by atoms with Gasteiger partial charge in [0.1, 0.15) is 11.6 Å². The minimum atomic E-state index is -0.729. The first-order valence-electron chi connectivity index (χ1n) is 10.1. The van der Waals surface area contributed by atoms with Crippen LogP contribution in [0.4, 0.5) is 8.78 Å². The van der Waals surface area contributed by atoms with Crippen molar-refractivity contribution in [1.82, 2.24) is 4.90 Å². The molecule has 2 aromatic carbocycles. The van der Waals surface area contributed by atoms with Crippen LogP contribution in [0.5, 0.6) is 0 Å². The van der Waals surface area contributed by atoms with Crippen molar-refractivity contribution >= 4 is 5.97 Å². The third kappa shape index (κ3) is 6.34. The molecular weight excluding hydrogens is 376 g/mol. The van der Waals surface area contributed by atoms with Gasteiger partial charge in [0.25, 0.3) is 0 Å². The molecule has 1 N–H and O–H groups in total. The fourth-order valence-electron chi connectivity index (χ4n) is 3.90. The SMILES string of the molecule is O=C(O)[C@@H]1CCCN(CCOCCC(c2ccc(F)cc2)c2cccc(F)c2)C1. The number of halogens is 2. The molecule has 2 aromatic rings. The van der Waals surface area contributed by atoms with Crippen molar-refractivity contribution in [2.45, 2.75) is 25.2 Å². The van der Waals surface area contributed by atoms with Crippen molar-refractivity contribution in [2.24, 2.45) is 5.92 Å². The van der Waals surface area contributed by atoms with Gasteiger partial charge in [0.2, 0.25) is 0 Å². The third-order valence-corrected chi connectivity index (χ3v) is 5.48. The van der Waals surface area contributed by atoms with Gasteiger partial charge in [-0.1, -0.05) is 24.3 Å². The molecule has 0 bridgehead atoms. The Hall–Kier alpha value is -2.31. The van der Waals surface area contributed by atoms with Gasteiger partial charge in [0.15, 0.2) is 0 Å². The molecule has 1 aliphatic rings. The smallest absolute Gasteiger partial charge is 0.307 e. The maximum Gasteiger partial charge on any atom is 0.307 e. The van der Waals surface area contributed by atoms with E-state index in [0.29, 0.717) is 32.7 Å². The number of piperidine rings is 1. The monoisotopic (exact) mass is 403 g/mol. The van der Waals surface area contributed by atoms with Crippen molar-refractivity contribution in [3.63, 3.8) is 0 Å². The van der Waals surface area contributed by atoms with Crippen LogP contribution in [0.1, 0.15) is 36.3 Å². The summed E-state index contributed by atoms with van der Waals surface area (Å²) < 4.78 is 32.8. The molecule has 0 aromatic heterocycles. The molecule has 4 nitrogen and oxygen atoms in total. The molecule has 0 saturated carbocycles. The lowest BCUT2D eigenvalue weighted by atomic mass is 9.89. The van der Waals surface area contributed by atoms with E-state index in [2.05, 4.69) is 4.90 Å². The molecule has 1 aliphatic heterocycles. The van der Waals surface area contributed by atoms with Crippen LogP contribution in [0.15, 0.2) is 48.5 Å². The van der Waals surface area contributed by atoms with Crippen LogP contribution in [0.2, 0.25) is 0 Å².